The number of hydrogen-bond donors (Lipinski definition) is 0. The van der Waals surface area contributed by atoms with Gasteiger partial charge in [-0.1, -0.05) is 18.2 Å². The molecular weight excluding hydrogens is 334 g/mol. The van der Waals surface area contributed by atoms with E-state index in [0.717, 1.165) is 0 Å². The Labute approximate surface area is 141 Å². The van der Waals surface area contributed by atoms with Gasteiger partial charge in [-0.25, -0.2) is 13.2 Å². The van der Waals surface area contributed by atoms with Gasteiger partial charge in [0.05, 0.1) is 18.6 Å². The molecule has 132 valence electrons. The minimum absolute atomic E-state index is 0.00881. The van der Waals surface area contributed by atoms with Crippen molar-refractivity contribution in [1.29, 1.82) is 0 Å². The predicted molar refractivity (Wildman–Crippen MR) is 87.3 cm³/mol. The standard InChI is InChI=1S/C16H21NO6S/c1-12(16(19)22-2)17(13-8-9-24(20,21)11-13)15(18)10-23-14-6-4-3-5-7-14/h3-7,12-13H,8-11H2,1-2H3/t12-,13-/m0/s1. The Bertz CT molecular complexity index is 688. The number of ether oxygens (including phenoxy) is 2. The summed E-state index contributed by atoms with van der Waals surface area (Å²) in [7, 11) is -1.96. The number of hydrogen-bond acceptors (Lipinski definition) is 6. The van der Waals surface area contributed by atoms with E-state index in [0.29, 0.717) is 12.2 Å². The SMILES string of the molecule is COC(=O)[C@H](C)N(C(=O)COc1ccccc1)[C@H]1CCS(=O)(=O)C1. The molecule has 1 aromatic rings. The fraction of sp³-hybridized carbons (Fsp3) is 0.500. The maximum atomic E-state index is 12.6. The molecule has 1 fully saturated rings. The van der Waals surface area contributed by atoms with Crippen LogP contribution in [-0.2, 0) is 24.2 Å². The van der Waals surface area contributed by atoms with E-state index in [9.17, 15) is 18.0 Å². The monoisotopic (exact) mass is 355 g/mol. The Morgan fingerprint density at radius 1 is 1.29 bits per heavy atom. The summed E-state index contributed by atoms with van der Waals surface area (Å²) in [6, 6.07) is 7.37. The Morgan fingerprint density at radius 2 is 1.96 bits per heavy atom. The lowest BCUT2D eigenvalue weighted by Crippen LogP contribution is -2.51. The number of nitrogens with zero attached hydrogens (tertiary/aromatic N) is 1. The lowest BCUT2D eigenvalue weighted by molar-refractivity contribution is -0.154. The second-order valence-corrected chi connectivity index (χ2v) is 7.89. The number of carbonyl (C=O) groups is 2. The number of esters is 1. The van der Waals surface area contributed by atoms with E-state index in [2.05, 4.69) is 0 Å². The highest BCUT2D eigenvalue weighted by Crippen LogP contribution is 2.21. The van der Waals surface area contributed by atoms with Gasteiger partial charge in [0.2, 0.25) is 0 Å². The summed E-state index contributed by atoms with van der Waals surface area (Å²) in [5.74, 6) is -0.651. The predicted octanol–water partition coefficient (Wildman–Crippen LogP) is 0.643. The number of carbonyl (C=O) groups excluding carboxylic acids is 2. The molecule has 1 saturated heterocycles. The average molecular weight is 355 g/mol. The second-order valence-electron chi connectivity index (χ2n) is 5.66. The number of sulfone groups is 1. The van der Waals surface area contributed by atoms with Crippen LogP contribution in [0, 0.1) is 0 Å². The van der Waals surface area contributed by atoms with Gasteiger partial charge in [-0.3, -0.25) is 4.79 Å². The molecule has 2 rings (SSSR count). The second kappa shape index (κ2) is 7.65. The first-order valence-corrected chi connectivity index (χ1v) is 9.43. The van der Waals surface area contributed by atoms with Gasteiger partial charge in [0.25, 0.3) is 5.91 Å². The molecule has 1 aliphatic heterocycles. The Morgan fingerprint density at radius 3 is 2.50 bits per heavy atom. The van der Waals surface area contributed by atoms with Crippen LogP contribution in [0.15, 0.2) is 30.3 Å². The normalized spacial score (nSPS) is 20.2. The van der Waals surface area contributed by atoms with Crippen molar-refractivity contribution in [2.24, 2.45) is 0 Å². The molecule has 1 heterocycles. The summed E-state index contributed by atoms with van der Waals surface area (Å²) in [5, 5.41) is 0. The van der Waals surface area contributed by atoms with Crippen molar-refractivity contribution in [1.82, 2.24) is 4.90 Å². The van der Waals surface area contributed by atoms with Gasteiger partial charge in [0, 0.05) is 6.04 Å². The van der Waals surface area contributed by atoms with E-state index < -0.39 is 33.8 Å². The summed E-state index contributed by atoms with van der Waals surface area (Å²) < 4.78 is 33.6. The van der Waals surface area contributed by atoms with Crippen molar-refractivity contribution in [2.45, 2.75) is 25.4 Å². The highest BCUT2D eigenvalue weighted by molar-refractivity contribution is 7.91. The van der Waals surface area contributed by atoms with Gasteiger partial charge in [0.15, 0.2) is 16.4 Å². The molecule has 1 aromatic carbocycles. The zero-order chi connectivity index (χ0) is 17.7. The van der Waals surface area contributed by atoms with Crippen molar-refractivity contribution in [3.63, 3.8) is 0 Å². The molecule has 0 N–H and O–H groups in total. The molecule has 0 unspecified atom stereocenters. The van der Waals surface area contributed by atoms with E-state index in [1.54, 1.807) is 24.3 Å². The van der Waals surface area contributed by atoms with Crippen molar-refractivity contribution >= 4 is 21.7 Å². The minimum atomic E-state index is -3.19. The molecule has 7 nitrogen and oxygen atoms in total. The lowest BCUT2D eigenvalue weighted by atomic mass is 10.1. The third-order valence-electron chi connectivity index (χ3n) is 3.95. The maximum absolute atomic E-state index is 12.6. The first-order valence-electron chi connectivity index (χ1n) is 7.61. The van der Waals surface area contributed by atoms with Crippen molar-refractivity contribution in [3.05, 3.63) is 30.3 Å². The molecular formula is C16H21NO6S. The van der Waals surface area contributed by atoms with E-state index >= 15 is 0 Å². The molecule has 0 saturated carbocycles. The van der Waals surface area contributed by atoms with Crippen LogP contribution in [0.2, 0.25) is 0 Å². The van der Waals surface area contributed by atoms with Crippen LogP contribution in [0.4, 0.5) is 0 Å². The summed E-state index contributed by atoms with van der Waals surface area (Å²) >= 11 is 0. The molecule has 24 heavy (non-hydrogen) atoms. The number of para-hydroxylation sites is 1. The molecule has 2 atom stereocenters. The topological polar surface area (TPSA) is 90.0 Å². The molecule has 0 aliphatic carbocycles. The molecule has 0 radical (unpaired) electrons. The van der Waals surface area contributed by atoms with Crippen LogP contribution in [0.25, 0.3) is 0 Å². The number of amides is 1. The molecule has 1 amide bonds. The van der Waals surface area contributed by atoms with E-state index in [1.165, 1.54) is 18.9 Å². The summed E-state index contributed by atoms with van der Waals surface area (Å²) in [6.45, 7) is 1.25. The largest absolute Gasteiger partial charge is 0.484 e. The lowest BCUT2D eigenvalue weighted by Gasteiger charge is -2.32. The van der Waals surface area contributed by atoms with E-state index in [4.69, 9.17) is 9.47 Å². The third-order valence-corrected chi connectivity index (χ3v) is 5.71. The van der Waals surface area contributed by atoms with Gasteiger partial charge in [-0.2, -0.15) is 0 Å². The van der Waals surface area contributed by atoms with Crippen LogP contribution in [-0.4, -0.2) is 62.5 Å². The fourth-order valence-corrected chi connectivity index (χ4v) is 4.46. The average Bonchev–Trinajstić information content (AvgIpc) is 2.92. The van der Waals surface area contributed by atoms with Crippen LogP contribution >= 0.6 is 0 Å². The molecule has 0 aromatic heterocycles. The zero-order valence-electron chi connectivity index (χ0n) is 13.7. The summed E-state index contributed by atoms with van der Waals surface area (Å²) in [5.41, 5.74) is 0. The smallest absolute Gasteiger partial charge is 0.328 e. The number of rotatable bonds is 6. The molecule has 8 heteroatoms. The van der Waals surface area contributed by atoms with E-state index in [-0.39, 0.29) is 18.1 Å². The van der Waals surface area contributed by atoms with E-state index in [1.807, 2.05) is 6.07 Å². The van der Waals surface area contributed by atoms with Gasteiger partial charge >= 0.3 is 5.97 Å². The fourth-order valence-electron chi connectivity index (χ4n) is 2.75. The van der Waals surface area contributed by atoms with Gasteiger partial charge in [-0.05, 0) is 25.5 Å². The van der Waals surface area contributed by atoms with Crippen molar-refractivity contribution in [2.75, 3.05) is 25.2 Å². The maximum Gasteiger partial charge on any atom is 0.328 e. The number of benzene rings is 1. The molecule has 0 bridgehead atoms. The number of methoxy groups -OCH3 is 1. The summed E-state index contributed by atoms with van der Waals surface area (Å²) in [4.78, 5) is 25.7. The Kier molecular flexibility index (Phi) is 5.82. The quantitative estimate of drug-likeness (QED) is 0.696. The van der Waals surface area contributed by atoms with Crippen molar-refractivity contribution in [3.8, 4) is 5.75 Å². The third kappa shape index (κ3) is 4.47. The van der Waals surface area contributed by atoms with Crippen molar-refractivity contribution < 1.29 is 27.5 Å². The van der Waals surface area contributed by atoms with Gasteiger partial charge in [0.1, 0.15) is 11.8 Å². The Hall–Kier alpha value is -2.09. The minimum Gasteiger partial charge on any atom is -0.484 e. The zero-order valence-corrected chi connectivity index (χ0v) is 14.5. The summed E-state index contributed by atoms with van der Waals surface area (Å²) in [6.07, 6.45) is 0.306. The first kappa shape index (κ1) is 18.3. The van der Waals surface area contributed by atoms with Crippen LogP contribution in [0.5, 0.6) is 5.75 Å². The first-order chi connectivity index (χ1) is 11.3. The highest BCUT2D eigenvalue weighted by Gasteiger charge is 2.39. The van der Waals surface area contributed by atoms with Crippen LogP contribution < -0.4 is 4.74 Å². The highest BCUT2D eigenvalue weighted by atomic mass is 32.2. The van der Waals surface area contributed by atoms with Crippen LogP contribution in [0.1, 0.15) is 13.3 Å². The van der Waals surface area contributed by atoms with Crippen LogP contribution in [0.3, 0.4) is 0 Å². The van der Waals surface area contributed by atoms with Gasteiger partial charge in [-0.15, -0.1) is 0 Å². The molecule has 1 aliphatic rings. The Balaban J connectivity index is 2.12. The van der Waals surface area contributed by atoms with Gasteiger partial charge < -0.3 is 14.4 Å². The molecule has 0 spiro atoms.